The number of nitrogens with zero attached hydrogens (tertiary/aromatic N) is 2. The number of carbonyl (C=O) groups is 1. The lowest BCUT2D eigenvalue weighted by Gasteiger charge is -2.48. The zero-order valence-corrected chi connectivity index (χ0v) is 30.8. The molecule has 2 aromatic carbocycles. The van der Waals surface area contributed by atoms with Crippen molar-refractivity contribution < 1.29 is 27.8 Å². The van der Waals surface area contributed by atoms with Crippen molar-refractivity contribution in [3.8, 4) is 17.6 Å². The van der Waals surface area contributed by atoms with E-state index in [4.69, 9.17) is 21.1 Å². The Bertz CT molecular complexity index is 1770. The first-order chi connectivity index (χ1) is 24.0. The normalized spacial score (nSPS) is 33.0. The Labute approximate surface area is 302 Å². The van der Waals surface area contributed by atoms with Gasteiger partial charge in [0, 0.05) is 48.1 Å². The first-order valence-electron chi connectivity index (χ1n) is 18.4. The molecule has 1 saturated carbocycles. The number of aliphatic hydroxyl groups is 1. The summed E-state index contributed by atoms with van der Waals surface area (Å²) in [6.07, 6.45) is 6.44. The topological polar surface area (TPSA) is 108 Å². The molecule has 1 spiro atoms. The molecule has 0 radical (unpaired) electrons. The molecule has 1 saturated heterocycles. The Morgan fingerprint density at radius 3 is 2.66 bits per heavy atom. The lowest BCUT2D eigenvalue weighted by Crippen LogP contribution is -2.52. The molecule has 270 valence electrons. The molecule has 50 heavy (non-hydrogen) atoms. The molecule has 0 unspecified atom stereocenters. The zero-order chi connectivity index (χ0) is 35.1. The molecule has 11 heteroatoms. The summed E-state index contributed by atoms with van der Waals surface area (Å²) in [5, 5.41) is 12.4. The standard InChI is InChI=1S/C39H50ClN3O6S/c1-27-6-3-15-39(45,16-5-17-42-18-20-48-21-19-42)34-11-8-31(34)24-43-25-38(14-4-7-29-22-32(40)10-12-33(29)38)26-49-36-13-9-30(23-35(36)43)37(44)41-50(46,47)28(27)2/h9-10,12-13,22-23,27-28,31,34,45H,3-4,6-8,11,14-15,17-21,24-26H2,1-2H3,(H,41,44)/t27-,28+,31-,34+,38-,39-/m0/s1. The van der Waals surface area contributed by atoms with Crippen LogP contribution >= 0.6 is 11.6 Å². The maximum Gasteiger partial charge on any atom is 0.264 e. The van der Waals surface area contributed by atoms with Crippen LogP contribution in [0.25, 0.3) is 0 Å². The fourth-order valence-corrected chi connectivity index (χ4v) is 10.4. The number of anilines is 1. The van der Waals surface area contributed by atoms with E-state index in [9.17, 15) is 18.3 Å². The minimum atomic E-state index is -3.96. The largest absolute Gasteiger partial charge is 0.490 e. The van der Waals surface area contributed by atoms with E-state index in [2.05, 4.69) is 38.5 Å². The molecular weight excluding hydrogens is 674 g/mol. The molecule has 0 aromatic heterocycles. The molecule has 2 N–H and O–H groups in total. The zero-order valence-electron chi connectivity index (χ0n) is 29.3. The van der Waals surface area contributed by atoms with E-state index < -0.39 is 26.8 Å². The monoisotopic (exact) mass is 723 g/mol. The number of morpholine rings is 1. The molecular formula is C39H50ClN3O6S. The minimum absolute atomic E-state index is 0.0310. The van der Waals surface area contributed by atoms with Crippen molar-refractivity contribution in [2.75, 3.05) is 57.4 Å². The van der Waals surface area contributed by atoms with Crippen LogP contribution < -0.4 is 14.4 Å². The number of hydrogen-bond donors (Lipinski definition) is 2. The van der Waals surface area contributed by atoms with Crippen molar-refractivity contribution >= 4 is 33.2 Å². The summed E-state index contributed by atoms with van der Waals surface area (Å²) in [6, 6.07) is 11.4. The van der Waals surface area contributed by atoms with Crippen LogP contribution in [0, 0.1) is 29.6 Å². The number of amides is 1. The SMILES string of the molecule is C[C@@H]1[C@@H](C)CCC[C@](O)(C#CCN2CCOCC2)[C@@H]2CC[C@H]2CN2C[C@@]3(CCCc4cc(Cl)ccc43)COc3ccc(cc32)C(=O)NS1(=O)=O. The number of rotatable bonds is 1. The van der Waals surface area contributed by atoms with Gasteiger partial charge in [-0.2, -0.15) is 0 Å². The molecule has 3 aliphatic heterocycles. The van der Waals surface area contributed by atoms with Gasteiger partial charge in [-0.1, -0.05) is 36.4 Å². The van der Waals surface area contributed by atoms with Gasteiger partial charge in [-0.15, -0.1) is 0 Å². The van der Waals surface area contributed by atoms with Crippen LogP contribution in [0.2, 0.25) is 5.02 Å². The van der Waals surface area contributed by atoms with Crippen molar-refractivity contribution in [2.45, 2.75) is 81.5 Å². The van der Waals surface area contributed by atoms with Crippen molar-refractivity contribution in [1.29, 1.82) is 0 Å². The van der Waals surface area contributed by atoms with Gasteiger partial charge in [0.05, 0.1) is 37.3 Å². The summed E-state index contributed by atoms with van der Waals surface area (Å²) in [6.45, 7) is 8.98. The molecule has 6 atom stereocenters. The fraction of sp³-hybridized carbons (Fsp3) is 0.615. The quantitative estimate of drug-likeness (QED) is 0.388. The molecule has 7 rings (SSSR count). The Morgan fingerprint density at radius 2 is 1.88 bits per heavy atom. The third kappa shape index (κ3) is 7.14. The Morgan fingerprint density at radius 1 is 1.06 bits per heavy atom. The number of carbonyl (C=O) groups excluding carboxylic acids is 1. The highest BCUT2D eigenvalue weighted by atomic mass is 35.5. The number of benzene rings is 2. The van der Waals surface area contributed by atoms with Gasteiger partial charge < -0.3 is 19.5 Å². The molecule has 9 nitrogen and oxygen atoms in total. The number of sulfonamides is 1. The first-order valence-corrected chi connectivity index (χ1v) is 20.3. The van der Waals surface area contributed by atoms with Gasteiger partial charge >= 0.3 is 0 Å². The van der Waals surface area contributed by atoms with Crippen LogP contribution in [0.5, 0.6) is 5.75 Å². The number of halogens is 1. The molecule has 2 bridgehead atoms. The number of nitrogens with one attached hydrogen (secondary N) is 1. The van der Waals surface area contributed by atoms with Crippen molar-refractivity contribution in [3.05, 3.63) is 58.1 Å². The van der Waals surface area contributed by atoms with E-state index in [-0.39, 0.29) is 28.7 Å². The van der Waals surface area contributed by atoms with Gasteiger partial charge in [0.2, 0.25) is 10.0 Å². The van der Waals surface area contributed by atoms with Crippen molar-refractivity contribution in [2.24, 2.45) is 17.8 Å². The summed E-state index contributed by atoms with van der Waals surface area (Å²) in [4.78, 5) is 18.1. The molecule has 2 aliphatic carbocycles. The van der Waals surface area contributed by atoms with E-state index in [1.807, 2.05) is 13.0 Å². The second-order valence-corrected chi connectivity index (χ2v) is 17.9. The van der Waals surface area contributed by atoms with Gasteiger partial charge in [-0.25, -0.2) is 13.1 Å². The first kappa shape index (κ1) is 35.6. The van der Waals surface area contributed by atoms with E-state index in [0.29, 0.717) is 64.5 Å². The number of hydrogen-bond acceptors (Lipinski definition) is 8. The van der Waals surface area contributed by atoms with Crippen LogP contribution in [0.15, 0.2) is 36.4 Å². The number of aryl methyl sites for hydroxylation is 1. The minimum Gasteiger partial charge on any atom is -0.490 e. The summed E-state index contributed by atoms with van der Waals surface area (Å²) in [7, 11) is -3.96. The van der Waals surface area contributed by atoms with Crippen LogP contribution in [0.3, 0.4) is 0 Å². The lowest BCUT2D eigenvalue weighted by molar-refractivity contribution is -0.0449. The van der Waals surface area contributed by atoms with Crippen molar-refractivity contribution in [3.63, 3.8) is 0 Å². The maximum atomic E-state index is 13.5. The van der Waals surface area contributed by atoms with Gasteiger partial charge in [-0.3, -0.25) is 9.69 Å². The Balaban J connectivity index is 1.27. The average molecular weight is 724 g/mol. The third-order valence-electron chi connectivity index (χ3n) is 12.2. The average Bonchev–Trinajstić information content (AvgIpc) is 3.22. The van der Waals surface area contributed by atoms with E-state index >= 15 is 0 Å². The van der Waals surface area contributed by atoms with E-state index in [1.165, 1.54) is 11.1 Å². The van der Waals surface area contributed by atoms with E-state index in [0.717, 1.165) is 55.9 Å². The lowest BCUT2D eigenvalue weighted by atomic mass is 9.63. The van der Waals surface area contributed by atoms with Gasteiger partial charge in [-0.05, 0) is 112 Å². The number of ether oxygens (including phenoxy) is 2. The summed E-state index contributed by atoms with van der Waals surface area (Å²) in [5.74, 6) is 6.67. The molecule has 2 aromatic rings. The molecule has 3 heterocycles. The Hall–Kier alpha value is -2.81. The predicted molar refractivity (Wildman–Crippen MR) is 195 cm³/mol. The van der Waals surface area contributed by atoms with Gasteiger partial charge in [0.15, 0.2) is 0 Å². The maximum absolute atomic E-state index is 13.5. The van der Waals surface area contributed by atoms with Crippen LogP contribution in [-0.2, 0) is 26.6 Å². The fourth-order valence-electron chi connectivity index (χ4n) is 8.87. The van der Waals surface area contributed by atoms with Crippen LogP contribution in [0.1, 0.15) is 80.3 Å². The second-order valence-electron chi connectivity index (χ2n) is 15.4. The smallest absolute Gasteiger partial charge is 0.264 e. The molecule has 2 fully saturated rings. The summed E-state index contributed by atoms with van der Waals surface area (Å²) >= 11 is 6.46. The predicted octanol–water partition coefficient (Wildman–Crippen LogP) is 5.17. The molecule has 1 amide bonds. The van der Waals surface area contributed by atoms with E-state index in [1.54, 1.807) is 25.1 Å². The Kier molecular flexibility index (Phi) is 10.2. The van der Waals surface area contributed by atoms with Crippen LogP contribution in [-0.4, -0.2) is 87.7 Å². The third-order valence-corrected chi connectivity index (χ3v) is 14.4. The van der Waals surface area contributed by atoms with Crippen LogP contribution in [0.4, 0.5) is 5.69 Å². The highest BCUT2D eigenvalue weighted by Crippen LogP contribution is 2.49. The van der Waals surface area contributed by atoms with Gasteiger partial charge in [0.25, 0.3) is 5.91 Å². The molecule has 5 aliphatic rings. The van der Waals surface area contributed by atoms with Crippen molar-refractivity contribution in [1.82, 2.24) is 9.62 Å². The summed E-state index contributed by atoms with van der Waals surface area (Å²) in [5.41, 5.74) is 2.04. The summed E-state index contributed by atoms with van der Waals surface area (Å²) < 4.78 is 41.4. The highest BCUT2D eigenvalue weighted by molar-refractivity contribution is 7.90. The second kappa shape index (κ2) is 14.3. The highest BCUT2D eigenvalue weighted by Gasteiger charge is 2.48. The number of fused-ring (bicyclic) bond motifs is 4. The van der Waals surface area contributed by atoms with Gasteiger partial charge in [0.1, 0.15) is 11.4 Å².